The number of rotatable bonds is 2. The van der Waals surface area contributed by atoms with Crippen LogP contribution in [0.5, 0.6) is 0 Å². The minimum absolute atomic E-state index is 0.0733. The van der Waals surface area contributed by atoms with E-state index < -0.39 is 0 Å². The highest BCUT2D eigenvalue weighted by molar-refractivity contribution is 5.75. The van der Waals surface area contributed by atoms with Gasteiger partial charge in [-0.25, -0.2) is 0 Å². The second-order valence-corrected chi connectivity index (χ2v) is 9.80. The molecule has 1 N–H and O–H groups in total. The first-order valence-corrected chi connectivity index (χ1v) is 10.8. The van der Waals surface area contributed by atoms with E-state index in [2.05, 4.69) is 37.8 Å². The van der Waals surface area contributed by atoms with Gasteiger partial charge in [-0.1, -0.05) is 43.3 Å². The van der Waals surface area contributed by atoms with E-state index in [9.17, 15) is 4.79 Å². The van der Waals surface area contributed by atoms with E-state index >= 15 is 0 Å². The molecule has 3 heteroatoms. The fourth-order valence-electron chi connectivity index (χ4n) is 6.62. The SMILES string of the molecule is C=C1CCC[C@]2(C)C[C@H]3OC(=O)[C@@H](C[NH+]4CCc5ccccc5C4)[C@H]3C[C@H]12. The molecule has 0 bridgehead atoms. The summed E-state index contributed by atoms with van der Waals surface area (Å²) in [5.74, 6) is 1.13. The summed E-state index contributed by atoms with van der Waals surface area (Å²) in [6, 6.07) is 8.78. The van der Waals surface area contributed by atoms with Crippen molar-refractivity contribution in [2.75, 3.05) is 13.1 Å². The van der Waals surface area contributed by atoms with E-state index in [4.69, 9.17) is 4.74 Å². The molecule has 5 rings (SSSR count). The molecule has 3 nitrogen and oxygen atoms in total. The number of quaternary nitrogens is 1. The largest absolute Gasteiger partial charge is 0.462 e. The zero-order valence-corrected chi connectivity index (χ0v) is 16.5. The maximum Gasteiger partial charge on any atom is 0.315 e. The topological polar surface area (TPSA) is 30.7 Å². The average Bonchev–Trinajstić information content (AvgIpc) is 2.94. The maximum atomic E-state index is 12.8. The minimum atomic E-state index is 0.0733. The Morgan fingerprint density at radius 1 is 1.26 bits per heavy atom. The van der Waals surface area contributed by atoms with Crippen LogP contribution < -0.4 is 4.90 Å². The molecular weight excluding hydrogens is 334 g/mol. The molecule has 0 radical (unpaired) electrons. The summed E-state index contributed by atoms with van der Waals surface area (Å²) in [7, 11) is 0. The molecule has 2 aliphatic carbocycles. The van der Waals surface area contributed by atoms with Gasteiger partial charge in [0.15, 0.2) is 0 Å². The lowest BCUT2D eigenvalue weighted by atomic mass is 9.55. The zero-order chi connectivity index (χ0) is 18.6. The Labute approximate surface area is 162 Å². The number of carbonyl (C=O) groups excluding carboxylic acids is 1. The summed E-state index contributed by atoms with van der Waals surface area (Å²) in [5, 5.41) is 0. The molecule has 1 aromatic carbocycles. The van der Waals surface area contributed by atoms with Gasteiger partial charge >= 0.3 is 5.97 Å². The molecule has 6 atom stereocenters. The fraction of sp³-hybridized carbons (Fsp3) is 0.625. The van der Waals surface area contributed by atoms with Crippen LogP contribution in [0.1, 0.15) is 50.2 Å². The predicted molar refractivity (Wildman–Crippen MR) is 105 cm³/mol. The van der Waals surface area contributed by atoms with Gasteiger partial charge in [0.05, 0.1) is 13.1 Å². The number of allylic oxidation sites excluding steroid dienone is 1. The molecular formula is C24H32NO2+. The highest BCUT2D eigenvalue weighted by Gasteiger charge is 2.56. The van der Waals surface area contributed by atoms with Gasteiger partial charge < -0.3 is 9.64 Å². The Morgan fingerprint density at radius 3 is 2.93 bits per heavy atom. The molecule has 144 valence electrons. The third-order valence-electron chi connectivity index (χ3n) is 8.14. The van der Waals surface area contributed by atoms with Crippen LogP contribution in [0.25, 0.3) is 0 Å². The lowest BCUT2D eigenvalue weighted by Crippen LogP contribution is -3.12. The van der Waals surface area contributed by atoms with Gasteiger partial charge in [0.2, 0.25) is 0 Å². The van der Waals surface area contributed by atoms with Crippen molar-refractivity contribution in [2.45, 2.75) is 58.1 Å². The van der Waals surface area contributed by atoms with Crippen molar-refractivity contribution in [3.05, 3.63) is 47.5 Å². The van der Waals surface area contributed by atoms with E-state index in [1.165, 1.54) is 36.0 Å². The van der Waals surface area contributed by atoms with Crippen LogP contribution in [-0.4, -0.2) is 25.2 Å². The first kappa shape index (κ1) is 17.5. The molecule has 27 heavy (non-hydrogen) atoms. The van der Waals surface area contributed by atoms with Crippen LogP contribution in [0, 0.1) is 23.2 Å². The summed E-state index contributed by atoms with van der Waals surface area (Å²) in [5.41, 5.74) is 4.67. The first-order valence-electron chi connectivity index (χ1n) is 10.8. The first-order chi connectivity index (χ1) is 13.0. The predicted octanol–water partition coefficient (Wildman–Crippen LogP) is 2.94. The highest BCUT2D eigenvalue weighted by Crippen LogP contribution is 2.56. The third kappa shape index (κ3) is 2.95. The van der Waals surface area contributed by atoms with E-state index in [1.807, 2.05) is 0 Å². The number of hydrogen-bond acceptors (Lipinski definition) is 2. The van der Waals surface area contributed by atoms with E-state index in [0.717, 1.165) is 38.9 Å². The average molecular weight is 367 g/mol. The van der Waals surface area contributed by atoms with Gasteiger partial charge in [0.1, 0.15) is 18.6 Å². The summed E-state index contributed by atoms with van der Waals surface area (Å²) in [6.45, 7) is 9.93. The highest BCUT2D eigenvalue weighted by atomic mass is 16.6. The monoisotopic (exact) mass is 366 g/mol. The van der Waals surface area contributed by atoms with E-state index in [0.29, 0.717) is 17.3 Å². The second kappa shape index (κ2) is 6.48. The van der Waals surface area contributed by atoms with Crippen LogP contribution in [0.3, 0.4) is 0 Å². The quantitative estimate of drug-likeness (QED) is 0.644. The van der Waals surface area contributed by atoms with Gasteiger partial charge in [-0.15, -0.1) is 0 Å². The number of hydrogen-bond donors (Lipinski definition) is 1. The standard InChI is InChI=1S/C24H31NO2/c1-16-6-5-10-24(2)13-22-19(12-21(16)24)20(23(26)27-22)15-25-11-9-17-7-3-4-8-18(17)14-25/h3-4,7-8,19-22H,1,5-6,9-15H2,2H3/p+1/t19-,20+,21-,22-,24-/m1/s1. The number of benzene rings is 1. The van der Waals surface area contributed by atoms with Crippen LogP contribution in [0.2, 0.25) is 0 Å². The molecule has 0 amide bonds. The van der Waals surface area contributed by atoms with Gasteiger partial charge in [0, 0.05) is 17.9 Å². The molecule has 1 saturated heterocycles. The Kier molecular flexibility index (Phi) is 4.19. The molecule has 0 spiro atoms. The summed E-state index contributed by atoms with van der Waals surface area (Å²) in [4.78, 5) is 14.3. The number of esters is 1. The van der Waals surface area contributed by atoms with Crippen molar-refractivity contribution >= 4 is 5.97 Å². The Hall–Kier alpha value is -1.61. The molecule has 3 fully saturated rings. The molecule has 1 unspecified atom stereocenters. The maximum absolute atomic E-state index is 12.8. The minimum Gasteiger partial charge on any atom is -0.462 e. The van der Waals surface area contributed by atoms with Crippen molar-refractivity contribution in [1.82, 2.24) is 0 Å². The van der Waals surface area contributed by atoms with Gasteiger partial charge in [-0.3, -0.25) is 4.79 Å². The van der Waals surface area contributed by atoms with Crippen LogP contribution >= 0.6 is 0 Å². The summed E-state index contributed by atoms with van der Waals surface area (Å²) >= 11 is 0. The van der Waals surface area contributed by atoms with Gasteiger partial charge in [0.25, 0.3) is 0 Å². The molecule has 2 heterocycles. The third-order valence-corrected chi connectivity index (χ3v) is 8.14. The van der Waals surface area contributed by atoms with Crippen molar-refractivity contribution < 1.29 is 14.4 Å². The zero-order valence-electron chi connectivity index (χ0n) is 16.5. The molecule has 0 aromatic heterocycles. The van der Waals surface area contributed by atoms with Gasteiger partial charge in [-0.2, -0.15) is 0 Å². The molecule has 2 saturated carbocycles. The normalized spacial score (nSPS) is 40.7. The van der Waals surface area contributed by atoms with E-state index in [-0.39, 0.29) is 18.0 Å². The number of ether oxygens (including phenoxy) is 1. The van der Waals surface area contributed by atoms with E-state index in [1.54, 1.807) is 4.90 Å². The fourth-order valence-corrected chi connectivity index (χ4v) is 6.62. The molecule has 1 aromatic rings. The smallest absolute Gasteiger partial charge is 0.315 e. The van der Waals surface area contributed by atoms with Crippen LogP contribution in [-0.2, 0) is 22.5 Å². The van der Waals surface area contributed by atoms with Crippen LogP contribution in [0.15, 0.2) is 36.4 Å². The Balaban J connectivity index is 1.32. The van der Waals surface area contributed by atoms with Crippen molar-refractivity contribution in [2.24, 2.45) is 23.2 Å². The Bertz CT molecular complexity index is 771. The number of fused-ring (bicyclic) bond motifs is 3. The summed E-state index contributed by atoms with van der Waals surface area (Å²) < 4.78 is 5.96. The lowest BCUT2D eigenvalue weighted by molar-refractivity contribution is -0.918. The molecule has 2 aliphatic heterocycles. The van der Waals surface area contributed by atoms with Crippen molar-refractivity contribution in [3.8, 4) is 0 Å². The number of nitrogens with one attached hydrogen (secondary N) is 1. The molecule has 4 aliphatic rings. The Morgan fingerprint density at radius 2 is 2.07 bits per heavy atom. The second-order valence-electron chi connectivity index (χ2n) is 9.80. The number of carbonyl (C=O) groups is 1. The van der Waals surface area contributed by atoms with Crippen LogP contribution in [0.4, 0.5) is 0 Å². The van der Waals surface area contributed by atoms with Crippen molar-refractivity contribution in [1.29, 1.82) is 0 Å². The van der Waals surface area contributed by atoms with Crippen molar-refractivity contribution in [3.63, 3.8) is 0 Å². The summed E-state index contributed by atoms with van der Waals surface area (Å²) in [6.07, 6.45) is 7.10. The lowest BCUT2D eigenvalue weighted by Gasteiger charge is -2.50. The van der Waals surface area contributed by atoms with Gasteiger partial charge in [-0.05, 0) is 49.0 Å².